The molecule has 2 aromatic carbocycles. The summed E-state index contributed by atoms with van der Waals surface area (Å²) in [6.45, 7) is 3.82. The number of tetrazole rings is 1. The fourth-order valence-electron chi connectivity index (χ4n) is 2.74. The Balaban J connectivity index is 1.64. The Morgan fingerprint density at radius 3 is 2.33 bits per heavy atom. The van der Waals surface area contributed by atoms with Crippen LogP contribution < -0.4 is 5.32 Å². The van der Waals surface area contributed by atoms with Crippen molar-refractivity contribution in [1.29, 1.82) is 0 Å². The second-order valence-corrected chi connectivity index (χ2v) is 6.29. The fourth-order valence-corrected chi connectivity index (χ4v) is 2.74. The third-order valence-electron chi connectivity index (χ3n) is 4.21. The molecule has 1 heterocycles. The molecule has 0 spiro atoms. The summed E-state index contributed by atoms with van der Waals surface area (Å²) in [5, 5.41) is 16.6. The number of nitrogens with zero attached hydrogens (tertiary/aromatic N) is 4. The average Bonchev–Trinajstić information content (AvgIpc) is 3.19. The predicted octanol–water partition coefficient (Wildman–Crippen LogP) is 2.19. The van der Waals surface area contributed by atoms with Gasteiger partial charge >= 0.3 is 0 Å². The zero-order valence-electron chi connectivity index (χ0n) is 15.4. The van der Waals surface area contributed by atoms with E-state index in [2.05, 4.69) is 25.9 Å². The summed E-state index contributed by atoms with van der Waals surface area (Å²) in [6, 6.07) is 12.6. The van der Waals surface area contributed by atoms with Gasteiger partial charge in [-0.05, 0) is 42.3 Å². The van der Waals surface area contributed by atoms with Gasteiger partial charge in [-0.3, -0.25) is 9.59 Å². The maximum atomic E-state index is 12.6. The van der Waals surface area contributed by atoms with Crippen LogP contribution in [0.3, 0.4) is 0 Å². The van der Waals surface area contributed by atoms with Crippen molar-refractivity contribution in [3.8, 4) is 11.4 Å². The van der Waals surface area contributed by atoms with Crippen LogP contribution in [0.5, 0.6) is 0 Å². The first kappa shape index (κ1) is 18.2. The molecule has 2 amide bonds. The Hall–Kier alpha value is -3.55. The van der Waals surface area contributed by atoms with Gasteiger partial charge in [-0.1, -0.05) is 30.3 Å². The lowest BCUT2D eigenvalue weighted by atomic mass is 10.1. The number of hydrogen-bond acceptors (Lipinski definition) is 5. The average molecular weight is 364 g/mol. The number of amides is 2. The minimum Gasteiger partial charge on any atom is -0.332 e. The Kier molecular flexibility index (Phi) is 5.25. The van der Waals surface area contributed by atoms with Gasteiger partial charge in [0.2, 0.25) is 11.7 Å². The second kappa shape index (κ2) is 7.77. The van der Waals surface area contributed by atoms with Crippen LogP contribution in [-0.2, 0) is 4.79 Å². The third-order valence-corrected chi connectivity index (χ3v) is 4.21. The van der Waals surface area contributed by atoms with Crippen LogP contribution in [0.2, 0.25) is 0 Å². The van der Waals surface area contributed by atoms with Gasteiger partial charge in [0.15, 0.2) is 0 Å². The quantitative estimate of drug-likeness (QED) is 0.722. The number of para-hydroxylation sites is 1. The number of aryl methyl sites for hydroxylation is 2. The molecule has 8 heteroatoms. The molecule has 0 bridgehead atoms. The summed E-state index contributed by atoms with van der Waals surface area (Å²) in [5.74, 6) is -0.0340. The number of hydrogen-bond donors (Lipinski definition) is 2. The van der Waals surface area contributed by atoms with E-state index in [0.29, 0.717) is 11.4 Å². The topological polar surface area (TPSA) is 104 Å². The highest BCUT2D eigenvalue weighted by Crippen LogP contribution is 2.19. The fraction of sp³-hybridized carbons (Fsp3) is 0.211. The van der Waals surface area contributed by atoms with Crippen LogP contribution in [0, 0.1) is 13.8 Å². The summed E-state index contributed by atoms with van der Waals surface area (Å²) in [6.07, 6.45) is 0. The lowest BCUT2D eigenvalue weighted by Gasteiger charge is -2.18. The predicted molar refractivity (Wildman–Crippen MR) is 101 cm³/mol. The summed E-state index contributed by atoms with van der Waals surface area (Å²) >= 11 is 0. The molecule has 1 aromatic heterocycles. The molecule has 2 N–H and O–H groups in total. The van der Waals surface area contributed by atoms with Crippen molar-refractivity contribution in [1.82, 2.24) is 25.5 Å². The molecule has 0 atom stereocenters. The van der Waals surface area contributed by atoms with E-state index in [1.807, 2.05) is 32.0 Å². The first-order valence-corrected chi connectivity index (χ1v) is 8.41. The number of carbonyl (C=O) groups is 2. The van der Waals surface area contributed by atoms with Gasteiger partial charge < -0.3 is 10.2 Å². The molecule has 8 nitrogen and oxygen atoms in total. The molecule has 0 aliphatic heterocycles. The zero-order chi connectivity index (χ0) is 19.4. The molecule has 138 valence electrons. The number of likely N-dealkylation sites (N-methyl/N-ethyl adjacent to an activating group) is 1. The molecule has 0 unspecified atom stereocenters. The maximum absolute atomic E-state index is 12.6. The van der Waals surface area contributed by atoms with E-state index in [1.54, 1.807) is 31.3 Å². The van der Waals surface area contributed by atoms with Crippen molar-refractivity contribution in [2.75, 3.05) is 18.9 Å². The molecule has 3 aromatic rings. The molecular formula is C19H20N6O2. The van der Waals surface area contributed by atoms with E-state index < -0.39 is 0 Å². The number of aromatic amines is 1. The van der Waals surface area contributed by atoms with Gasteiger partial charge in [0.25, 0.3) is 5.91 Å². The van der Waals surface area contributed by atoms with Crippen molar-refractivity contribution in [2.24, 2.45) is 0 Å². The van der Waals surface area contributed by atoms with E-state index in [-0.39, 0.29) is 18.4 Å². The molecule has 0 aliphatic rings. The lowest BCUT2D eigenvalue weighted by Crippen LogP contribution is -2.35. The number of nitrogens with one attached hydrogen (secondary N) is 2. The Morgan fingerprint density at radius 1 is 1.07 bits per heavy atom. The number of rotatable bonds is 5. The number of anilines is 1. The molecule has 0 fully saturated rings. The van der Waals surface area contributed by atoms with Gasteiger partial charge in [-0.2, -0.15) is 5.21 Å². The van der Waals surface area contributed by atoms with Gasteiger partial charge in [-0.25, -0.2) is 0 Å². The lowest BCUT2D eigenvalue weighted by molar-refractivity contribution is -0.116. The third kappa shape index (κ3) is 4.17. The molecule has 0 saturated carbocycles. The van der Waals surface area contributed by atoms with Crippen molar-refractivity contribution < 1.29 is 9.59 Å². The van der Waals surface area contributed by atoms with Crippen molar-refractivity contribution in [3.05, 3.63) is 59.2 Å². The summed E-state index contributed by atoms with van der Waals surface area (Å²) in [4.78, 5) is 26.3. The Labute approximate surface area is 156 Å². The Morgan fingerprint density at radius 2 is 1.74 bits per heavy atom. The van der Waals surface area contributed by atoms with E-state index in [9.17, 15) is 9.59 Å². The number of H-pyrrole nitrogens is 1. The molecular weight excluding hydrogens is 344 g/mol. The van der Waals surface area contributed by atoms with Crippen LogP contribution in [0.25, 0.3) is 11.4 Å². The molecule has 0 radical (unpaired) electrons. The minimum absolute atomic E-state index is 0.0425. The van der Waals surface area contributed by atoms with Crippen LogP contribution in [0.4, 0.5) is 5.69 Å². The monoisotopic (exact) mass is 364 g/mol. The molecule has 27 heavy (non-hydrogen) atoms. The second-order valence-electron chi connectivity index (χ2n) is 6.29. The number of aromatic nitrogens is 4. The van der Waals surface area contributed by atoms with Crippen LogP contribution in [0.15, 0.2) is 42.5 Å². The zero-order valence-corrected chi connectivity index (χ0v) is 15.4. The van der Waals surface area contributed by atoms with Crippen LogP contribution >= 0.6 is 0 Å². The summed E-state index contributed by atoms with van der Waals surface area (Å²) < 4.78 is 0. The number of carbonyl (C=O) groups excluding carboxylic acids is 2. The van der Waals surface area contributed by atoms with E-state index in [0.717, 1.165) is 22.4 Å². The largest absolute Gasteiger partial charge is 0.332 e. The SMILES string of the molecule is Cc1cccc(C)c1NC(=O)CN(C)C(=O)c1ccc(-c2nn[nH]n2)cc1. The van der Waals surface area contributed by atoms with E-state index in [1.165, 1.54) is 4.90 Å². The van der Waals surface area contributed by atoms with Crippen molar-refractivity contribution >= 4 is 17.5 Å². The smallest absolute Gasteiger partial charge is 0.254 e. The highest BCUT2D eigenvalue weighted by Gasteiger charge is 2.16. The van der Waals surface area contributed by atoms with E-state index in [4.69, 9.17) is 0 Å². The molecule has 0 saturated heterocycles. The highest BCUT2D eigenvalue weighted by molar-refractivity contribution is 5.99. The van der Waals surface area contributed by atoms with Crippen LogP contribution in [0.1, 0.15) is 21.5 Å². The van der Waals surface area contributed by atoms with Gasteiger partial charge in [-0.15, -0.1) is 10.2 Å². The van der Waals surface area contributed by atoms with E-state index >= 15 is 0 Å². The van der Waals surface area contributed by atoms with Crippen molar-refractivity contribution in [2.45, 2.75) is 13.8 Å². The van der Waals surface area contributed by atoms with Crippen molar-refractivity contribution in [3.63, 3.8) is 0 Å². The van der Waals surface area contributed by atoms with Crippen LogP contribution in [-0.4, -0.2) is 50.9 Å². The van der Waals surface area contributed by atoms with Gasteiger partial charge in [0.1, 0.15) is 0 Å². The first-order valence-electron chi connectivity index (χ1n) is 8.41. The minimum atomic E-state index is -0.244. The normalized spacial score (nSPS) is 10.5. The van der Waals surface area contributed by atoms with Gasteiger partial charge in [0, 0.05) is 23.9 Å². The maximum Gasteiger partial charge on any atom is 0.254 e. The molecule has 3 rings (SSSR count). The first-order chi connectivity index (χ1) is 13.0. The number of benzene rings is 2. The summed E-state index contributed by atoms with van der Waals surface area (Å²) in [5.41, 5.74) is 3.97. The van der Waals surface area contributed by atoms with Gasteiger partial charge in [0.05, 0.1) is 6.54 Å². The highest BCUT2D eigenvalue weighted by atomic mass is 16.2. The summed E-state index contributed by atoms with van der Waals surface area (Å²) in [7, 11) is 1.60. The standard InChI is InChI=1S/C19H20N6O2/c1-12-5-4-6-13(2)17(12)20-16(26)11-25(3)19(27)15-9-7-14(8-10-15)18-21-23-24-22-18/h4-10H,11H2,1-3H3,(H,20,26)(H,21,22,23,24). The Bertz CT molecular complexity index is 931. The molecule has 0 aliphatic carbocycles.